The first-order valence-corrected chi connectivity index (χ1v) is 9.23. The summed E-state index contributed by atoms with van der Waals surface area (Å²) in [6, 6.07) is 5.88. The van der Waals surface area contributed by atoms with E-state index in [1.165, 1.54) is 12.8 Å². The van der Waals surface area contributed by atoms with Crippen LogP contribution in [0.25, 0.3) is 10.9 Å². The molecule has 4 rings (SSSR count). The van der Waals surface area contributed by atoms with Crippen molar-refractivity contribution in [1.82, 2.24) is 9.88 Å². The number of hydrogen-bond donors (Lipinski definition) is 1. The molecule has 1 aromatic heterocycles. The van der Waals surface area contributed by atoms with Gasteiger partial charge in [0.05, 0.1) is 13.2 Å². The van der Waals surface area contributed by atoms with Crippen molar-refractivity contribution in [1.29, 1.82) is 0 Å². The molecule has 0 unspecified atom stereocenters. The van der Waals surface area contributed by atoms with Gasteiger partial charge in [-0.1, -0.05) is 0 Å². The van der Waals surface area contributed by atoms with E-state index in [1.807, 2.05) is 30.0 Å². The highest BCUT2D eigenvalue weighted by molar-refractivity contribution is 6.01. The van der Waals surface area contributed by atoms with Crippen molar-refractivity contribution in [2.24, 2.45) is 5.92 Å². The fraction of sp³-hybridized carbons (Fsp3) is 0.550. The normalized spacial score (nSPS) is 20.2. The maximum Gasteiger partial charge on any atom is 0.270 e. The molecule has 0 radical (unpaired) electrons. The molecule has 2 aliphatic rings. The second-order valence-corrected chi connectivity index (χ2v) is 7.33. The Hall–Kier alpha value is -2.01. The quantitative estimate of drug-likeness (QED) is 0.874. The Balaban J connectivity index is 1.61. The summed E-state index contributed by atoms with van der Waals surface area (Å²) in [5.41, 5.74) is 2.67. The third-order valence-electron chi connectivity index (χ3n) is 5.39. The summed E-state index contributed by atoms with van der Waals surface area (Å²) in [4.78, 5) is 18.6. The van der Waals surface area contributed by atoms with Gasteiger partial charge in [0.15, 0.2) is 0 Å². The number of aromatic nitrogens is 1. The first kappa shape index (κ1) is 16.5. The molecule has 1 aromatic carbocycles. The molecule has 25 heavy (non-hydrogen) atoms. The highest BCUT2D eigenvalue weighted by atomic mass is 16.5. The Morgan fingerprint density at radius 2 is 2.16 bits per heavy atom. The van der Waals surface area contributed by atoms with Gasteiger partial charge in [-0.3, -0.25) is 4.79 Å². The van der Waals surface area contributed by atoms with Gasteiger partial charge in [0.1, 0.15) is 11.4 Å². The standard InChI is InChI=1S/C20H26N2O3/c1-13-17-10-15(24-2)7-8-18(17)21-19(13)20(23)22(11-14-5-6-14)12-16-4-3-9-25-16/h7-8,10,14,16,21H,3-6,9,11-12H2,1-2H3/t16-/m1/s1. The van der Waals surface area contributed by atoms with Crippen LogP contribution in [-0.4, -0.2) is 48.7 Å². The number of nitrogens with zero attached hydrogens (tertiary/aromatic N) is 1. The average molecular weight is 342 g/mol. The highest BCUT2D eigenvalue weighted by Gasteiger charge is 2.31. The molecular formula is C20H26N2O3. The van der Waals surface area contributed by atoms with Crippen LogP contribution in [0.3, 0.4) is 0 Å². The van der Waals surface area contributed by atoms with E-state index in [1.54, 1.807) is 7.11 Å². The van der Waals surface area contributed by atoms with Gasteiger partial charge in [-0.05, 0) is 62.3 Å². The number of carbonyl (C=O) groups is 1. The molecule has 2 heterocycles. The number of ether oxygens (including phenoxy) is 2. The Labute approximate surface area is 148 Å². The Kier molecular flexibility index (Phi) is 4.42. The van der Waals surface area contributed by atoms with E-state index in [9.17, 15) is 4.79 Å². The Morgan fingerprint density at radius 1 is 1.32 bits per heavy atom. The van der Waals surface area contributed by atoms with E-state index in [0.717, 1.165) is 48.2 Å². The van der Waals surface area contributed by atoms with Crippen LogP contribution in [0.15, 0.2) is 18.2 Å². The van der Waals surface area contributed by atoms with Crippen molar-refractivity contribution >= 4 is 16.8 Å². The number of aromatic amines is 1. The minimum Gasteiger partial charge on any atom is -0.497 e. The van der Waals surface area contributed by atoms with Crippen LogP contribution in [0, 0.1) is 12.8 Å². The van der Waals surface area contributed by atoms with Crippen LogP contribution in [0.1, 0.15) is 41.7 Å². The molecule has 2 fully saturated rings. The summed E-state index contributed by atoms with van der Waals surface area (Å²) in [7, 11) is 1.66. The summed E-state index contributed by atoms with van der Waals surface area (Å²) in [5.74, 6) is 1.56. The summed E-state index contributed by atoms with van der Waals surface area (Å²) in [5, 5.41) is 1.05. The average Bonchev–Trinajstić information content (AvgIpc) is 3.18. The van der Waals surface area contributed by atoms with Gasteiger partial charge in [0, 0.05) is 30.6 Å². The first-order valence-electron chi connectivity index (χ1n) is 9.23. The fourth-order valence-electron chi connectivity index (χ4n) is 3.69. The maximum atomic E-state index is 13.2. The van der Waals surface area contributed by atoms with Crippen LogP contribution < -0.4 is 4.74 Å². The monoisotopic (exact) mass is 342 g/mol. The predicted molar refractivity (Wildman–Crippen MR) is 97.2 cm³/mol. The van der Waals surface area contributed by atoms with Gasteiger partial charge >= 0.3 is 0 Å². The largest absolute Gasteiger partial charge is 0.497 e. The van der Waals surface area contributed by atoms with Gasteiger partial charge in [-0.15, -0.1) is 0 Å². The molecule has 1 saturated heterocycles. The molecule has 5 heteroatoms. The lowest BCUT2D eigenvalue weighted by Crippen LogP contribution is -2.39. The zero-order valence-electron chi connectivity index (χ0n) is 15.0. The van der Waals surface area contributed by atoms with Crippen molar-refractivity contribution in [2.75, 3.05) is 26.8 Å². The van der Waals surface area contributed by atoms with Crippen LogP contribution in [0.2, 0.25) is 0 Å². The lowest BCUT2D eigenvalue weighted by Gasteiger charge is -2.25. The van der Waals surface area contributed by atoms with E-state index >= 15 is 0 Å². The minimum absolute atomic E-state index is 0.0927. The third kappa shape index (κ3) is 3.38. The molecule has 1 atom stereocenters. The van der Waals surface area contributed by atoms with Crippen LogP contribution in [0.4, 0.5) is 0 Å². The lowest BCUT2D eigenvalue weighted by molar-refractivity contribution is 0.0511. The van der Waals surface area contributed by atoms with E-state index < -0.39 is 0 Å². The van der Waals surface area contributed by atoms with Gasteiger partial charge in [-0.2, -0.15) is 0 Å². The number of fused-ring (bicyclic) bond motifs is 1. The van der Waals surface area contributed by atoms with E-state index in [4.69, 9.17) is 9.47 Å². The van der Waals surface area contributed by atoms with Crippen molar-refractivity contribution in [3.63, 3.8) is 0 Å². The molecule has 1 N–H and O–H groups in total. The molecule has 1 amide bonds. The Bertz CT molecular complexity index is 773. The van der Waals surface area contributed by atoms with Gasteiger partial charge in [-0.25, -0.2) is 0 Å². The minimum atomic E-state index is 0.0927. The molecule has 0 spiro atoms. The summed E-state index contributed by atoms with van der Waals surface area (Å²) >= 11 is 0. The summed E-state index contributed by atoms with van der Waals surface area (Å²) in [6.07, 6.45) is 4.81. The molecule has 0 bridgehead atoms. The second-order valence-electron chi connectivity index (χ2n) is 7.33. The van der Waals surface area contributed by atoms with Crippen LogP contribution in [0.5, 0.6) is 5.75 Å². The smallest absolute Gasteiger partial charge is 0.270 e. The number of hydrogen-bond acceptors (Lipinski definition) is 3. The van der Waals surface area contributed by atoms with Crippen molar-refractivity contribution in [2.45, 2.75) is 38.7 Å². The second kappa shape index (κ2) is 6.71. The Morgan fingerprint density at radius 3 is 2.84 bits per heavy atom. The highest BCUT2D eigenvalue weighted by Crippen LogP contribution is 2.32. The zero-order valence-corrected chi connectivity index (χ0v) is 15.0. The number of aryl methyl sites for hydroxylation is 1. The maximum absolute atomic E-state index is 13.2. The number of H-pyrrole nitrogens is 1. The van der Waals surface area contributed by atoms with E-state index in [-0.39, 0.29) is 12.0 Å². The molecular weight excluding hydrogens is 316 g/mol. The van der Waals surface area contributed by atoms with E-state index in [0.29, 0.717) is 18.2 Å². The van der Waals surface area contributed by atoms with Crippen molar-refractivity contribution < 1.29 is 14.3 Å². The van der Waals surface area contributed by atoms with E-state index in [2.05, 4.69) is 4.98 Å². The first-order chi connectivity index (χ1) is 12.2. The number of amides is 1. The van der Waals surface area contributed by atoms with Crippen LogP contribution >= 0.6 is 0 Å². The summed E-state index contributed by atoms with van der Waals surface area (Å²) in [6.45, 7) is 4.37. The van der Waals surface area contributed by atoms with Crippen LogP contribution in [-0.2, 0) is 4.74 Å². The van der Waals surface area contributed by atoms with Crippen molar-refractivity contribution in [3.05, 3.63) is 29.5 Å². The lowest BCUT2D eigenvalue weighted by atomic mass is 10.1. The number of carbonyl (C=O) groups excluding carboxylic acids is 1. The number of rotatable bonds is 6. The van der Waals surface area contributed by atoms with Gasteiger partial charge < -0.3 is 19.4 Å². The van der Waals surface area contributed by atoms with Gasteiger partial charge in [0.2, 0.25) is 0 Å². The number of nitrogens with one attached hydrogen (secondary N) is 1. The molecule has 1 saturated carbocycles. The molecule has 1 aliphatic heterocycles. The molecule has 1 aliphatic carbocycles. The SMILES string of the molecule is COc1ccc2[nH]c(C(=O)N(CC3CC3)C[C@H]3CCCO3)c(C)c2c1. The van der Waals surface area contributed by atoms with Crippen molar-refractivity contribution in [3.8, 4) is 5.75 Å². The topological polar surface area (TPSA) is 54.6 Å². The third-order valence-corrected chi connectivity index (χ3v) is 5.39. The van der Waals surface area contributed by atoms with Gasteiger partial charge in [0.25, 0.3) is 5.91 Å². The fourth-order valence-corrected chi connectivity index (χ4v) is 3.69. The molecule has 2 aromatic rings. The molecule has 5 nitrogen and oxygen atoms in total. The zero-order chi connectivity index (χ0) is 17.4. The number of methoxy groups -OCH3 is 1. The summed E-state index contributed by atoms with van der Waals surface area (Å²) < 4.78 is 11.1. The predicted octanol–water partition coefficient (Wildman–Crippen LogP) is 3.52. The number of benzene rings is 1. The molecule has 134 valence electrons.